The average Bonchev–Trinajstić information content (AvgIpc) is 3.32. The van der Waals surface area contributed by atoms with Crippen LogP contribution in [0.25, 0.3) is 0 Å². The lowest BCUT2D eigenvalue weighted by Crippen LogP contribution is -2.41. The Morgan fingerprint density at radius 2 is 1.87 bits per heavy atom. The lowest BCUT2D eigenvalue weighted by Gasteiger charge is -2.23. The number of fused-ring (bicyclic) bond motifs is 1. The molecule has 1 aliphatic rings. The van der Waals surface area contributed by atoms with Crippen LogP contribution in [-0.4, -0.2) is 25.9 Å². The number of hydrogen-bond acceptors (Lipinski definition) is 5. The summed E-state index contributed by atoms with van der Waals surface area (Å²) in [5, 5.41) is 4.91. The standard InChI is InChI=1S/C23H25N3O3S2/c1-17(19-12-11-18-7-5-6-8-20(18)15-19)25-22(27)16-26(23-24-13-14-30-23)31(28,29)21-9-3-2-4-10-21/h2-4,9-15,17H,5-8,16H2,1H3,(H,25,27)/t17-/m0/s1. The van der Waals surface area contributed by atoms with Gasteiger partial charge in [-0.1, -0.05) is 36.4 Å². The molecular formula is C23H25N3O3S2. The molecule has 0 unspecified atom stereocenters. The third kappa shape index (κ3) is 4.80. The number of nitrogens with zero attached hydrogens (tertiary/aromatic N) is 2. The number of nitrogens with one attached hydrogen (secondary N) is 1. The number of carbonyl (C=O) groups excluding carboxylic acids is 1. The van der Waals surface area contributed by atoms with Crippen LogP contribution in [0.5, 0.6) is 0 Å². The topological polar surface area (TPSA) is 79.4 Å². The van der Waals surface area contributed by atoms with Crippen LogP contribution >= 0.6 is 11.3 Å². The second-order valence-electron chi connectivity index (χ2n) is 7.66. The normalized spacial score (nSPS) is 14.5. The summed E-state index contributed by atoms with van der Waals surface area (Å²) in [7, 11) is -3.91. The van der Waals surface area contributed by atoms with E-state index >= 15 is 0 Å². The Bertz CT molecular complexity index is 1150. The quantitative estimate of drug-likeness (QED) is 0.582. The summed E-state index contributed by atoms with van der Waals surface area (Å²) in [5.41, 5.74) is 3.76. The van der Waals surface area contributed by atoms with Gasteiger partial charge in [0.1, 0.15) is 6.54 Å². The van der Waals surface area contributed by atoms with Crippen molar-refractivity contribution in [2.24, 2.45) is 0 Å². The van der Waals surface area contributed by atoms with Gasteiger partial charge in [0.25, 0.3) is 10.0 Å². The minimum atomic E-state index is -3.91. The molecule has 4 rings (SSSR count). The number of hydrogen-bond donors (Lipinski definition) is 1. The second-order valence-corrected chi connectivity index (χ2v) is 10.4. The Balaban J connectivity index is 1.52. The highest BCUT2D eigenvalue weighted by Crippen LogP contribution is 2.27. The van der Waals surface area contributed by atoms with E-state index in [1.807, 2.05) is 6.92 Å². The highest BCUT2D eigenvalue weighted by Gasteiger charge is 2.29. The van der Waals surface area contributed by atoms with E-state index in [1.54, 1.807) is 23.6 Å². The van der Waals surface area contributed by atoms with Gasteiger partial charge in [0.05, 0.1) is 10.9 Å². The number of benzene rings is 2. The number of anilines is 1. The fraction of sp³-hybridized carbons (Fsp3) is 0.304. The number of sulfonamides is 1. The third-order valence-corrected chi connectivity index (χ3v) is 8.16. The lowest BCUT2D eigenvalue weighted by molar-refractivity contribution is -0.120. The molecule has 1 heterocycles. The predicted octanol–water partition coefficient (Wildman–Crippen LogP) is 4.09. The number of thiazole rings is 1. The summed E-state index contributed by atoms with van der Waals surface area (Å²) in [4.78, 5) is 17.1. The minimum Gasteiger partial charge on any atom is -0.348 e. The van der Waals surface area contributed by atoms with Gasteiger partial charge in [-0.2, -0.15) is 0 Å². The summed E-state index contributed by atoms with van der Waals surface area (Å²) >= 11 is 1.18. The molecule has 1 aromatic heterocycles. The van der Waals surface area contributed by atoms with Crippen LogP contribution < -0.4 is 9.62 Å². The Hall–Kier alpha value is -2.71. The van der Waals surface area contributed by atoms with E-state index in [9.17, 15) is 13.2 Å². The van der Waals surface area contributed by atoms with E-state index < -0.39 is 10.0 Å². The second kappa shape index (κ2) is 9.20. The van der Waals surface area contributed by atoms with Crippen LogP contribution in [0.2, 0.25) is 0 Å². The summed E-state index contributed by atoms with van der Waals surface area (Å²) in [6.45, 7) is 1.59. The van der Waals surface area contributed by atoms with Gasteiger partial charge < -0.3 is 5.32 Å². The molecule has 0 aliphatic heterocycles. The molecule has 0 saturated carbocycles. The van der Waals surface area contributed by atoms with Gasteiger partial charge in [0.15, 0.2) is 5.13 Å². The highest BCUT2D eigenvalue weighted by molar-refractivity contribution is 7.93. The third-order valence-electron chi connectivity index (χ3n) is 5.50. The van der Waals surface area contributed by atoms with Crippen LogP contribution in [0, 0.1) is 0 Å². The van der Waals surface area contributed by atoms with E-state index in [-0.39, 0.29) is 28.5 Å². The van der Waals surface area contributed by atoms with Crippen molar-refractivity contribution in [3.05, 3.63) is 76.8 Å². The van der Waals surface area contributed by atoms with Gasteiger partial charge in [-0.25, -0.2) is 17.7 Å². The van der Waals surface area contributed by atoms with Crippen LogP contribution in [0.1, 0.15) is 42.5 Å². The molecule has 6 nitrogen and oxygen atoms in total. The fourth-order valence-corrected chi connectivity index (χ4v) is 6.10. The van der Waals surface area contributed by atoms with Gasteiger partial charge in [0, 0.05) is 11.6 Å². The first kappa shape index (κ1) is 21.5. The summed E-state index contributed by atoms with van der Waals surface area (Å²) in [6, 6.07) is 14.2. The number of carbonyl (C=O) groups is 1. The highest BCUT2D eigenvalue weighted by atomic mass is 32.2. The number of amides is 1. The van der Waals surface area contributed by atoms with Crippen molar-refractivity contribution in [3.63, 3.8) is 0 Å². The van der Waals surface area contributed by atoms with Crippen molar-refractivity contribution in [1.29, 1.82) is 0 Å². The molecule has 1 aliphatic carbocycles. The molecule has 0 saturated heterocycles. The lowest BCUT2D eigenvalue weighted by atomic mass is 9.89. The maximum atomic E-state index is 13.2. The maximum absolute atomic E-state index is 13.2. The number of aryl methyl sites for hydroxylation is 2. The molecule has 0 spiro atoms. The molecule has 1 N–H and O–H groups in total. The minimum absolute atomic E-state index is 0.126. The van der Waals surface area contributed by atoms with E-state index in [0.29, 0.717) is 0 Å². The van der Waals surface area contributed by atoms with Crippen LogP contribution in [0.15, 0.2) is 65.0 Å². The summed E-state index contributed by atoms with van der Waals surface area (Å²) in [6.07, 6.45) is 6.12. The first-order valence-electron chi connectivity index (χ1n) is 10.3. The van der Waals surface area contributed by atoms with Gasteiger partial charge >= 0.3 is 0 Å². The van der Waals surface area contributed by atoms with Crippen molar-refractivity contribution >= 4 is 32.4 Å². The van der Waals surface area contributed by atoms with Crippen molar-refractivity contribution < 1.29 is 13.2 Å². The van der Waals surface area contributed by atoms with E-state index in [2.05, 4.69) is 28.5 Å². The van der Waals surface area contributed by atoms with Crippen molar-refractivity contribution in [1.82, 2.24) is 10.3 Å². The molecule has 0 fully saturated rings. The van der Waals surface area contributed by atoms with Crippen molar-refractivity contribution in [2.45, 2.75) is 43.5 Å². The maximum Gasteiger partial charge on any atom is 0.266 e. The van der Waals surface area contributed by atoms with E-state index in [4.69, 9.17) is 0 Å². The van der Waals surface area contributed by atoms with Crippen molar-refractivity contribution in [2.75, 3.05) is 10.8 Å². The van der Waals surface area contributed by atoms with E-state index in [1.165, 1.54) is 53.6 Å². The SMILES string of the molecule is C[C@H](NC(=O)CN(c1nccs1)S(=O)(=O)c1ccccc1)c1ccc2c(c1)CCCC2. The van der Waals surface area contributed by atoms with Gasteiger partial charge in [-0.05, 0) is 61.4 Å². The molecular weight excluding hydrogens is 430 g/mol. The van der Waals surface area contributed by atoms with Gasteiger partial charge in [-0.3, -0.25) is 4.79 Å². The summed E-state index contributed by atoms with van der Waals surface area (Å²) in [5.74, 6) is -0.375. The number of rotatable bonds is 7. The molecule has 8 heteroatoms. The molecule has 162 valence electrons. The average molecular weight is 456 g/mol. The zero-order valence-electron chi connectivity index (χ0n) is 17.3. The molecule has 2 aromatic carbocycles. The fourth-order valence-electron chi connectivity index (χ4n) is 3.84. The molecule has 1 amide bonds. The first-order chi connectivity index (χ1) is 14.9. The number of aromatic nitrogens is 1. The molecule has 31 heavy (non-hydrogen) atoms. The van der Waals surface area contributed by atoms with Crippen LogP contribution in [-0.2, 0) is 27.7 Å². The van der Waals surface area contributed by atoms with Gasteiger partial charge in [0.2, 0.25) is 5.91 Å². The zero-order chi connectivity index (χ0) is 21.8. The zero-order valence-corrected chi connectivity index (χ0v) is 19.0. The monoisotopic (exact) mass is 455 g/mol. The Kier molecular flexibility index (Phi) is 6.38. The molecule has 0 bridgehead atoms. The first-order valence-corrected chi connectivity index (χ1v) is 12.7. The van der Waals surface area contributed by atoms with E-state index in [0.717, 1.165) is 22.7 Å². The Labute approximate surface area is 187 Å². The van der Waals surface area contributed by atoms with Gasteiger partial charge in [-0.15, -0.1) is 11.3 Å². The summed E-state index contributed by atoms with van der Waals surface area (Å²) < 4.78 is 27.5. The Morgan fingerprint density at radius 3 is 2.58 bits per heavy atom. The predicted molar refractivity (Wildman–Crippen MR) is 123 cm³/mol. The van der Waals surface area contributed by atoms with Crippen molar-refractivity contribution in [3.8, 4) is 0 Å². The Morgan fingerprint density at radius 1 is 1.13 bits per heavy atom. The molecule has 0 radical (unpaired) electrons. The largest absolute Gasteiger partial charge is 0.348 e. The smallest absolute Gasteiger partial charge is 0.266 e. The van der Waals surface area contributed by atoms with Crippen LogP contribution in [0.3, 0.4) is 0 Å². The van der Waals surface area contributed by atoms with Crippen LogP contribution in [0.4, 0.5) is 5.13 Å². The molecule has 1 atom stereocenters. The molecule has 3 aromatic rings.